The molecule has 1 amide bonds. The second kappa shape index (κ2) is 8.00. The second-order valence-electron chi connectivity index (χ2n) is 6.33. The molecule has 1 unspecified atom stereocenters. The fraction of sp³-hybridized carbons (Fsp3) is 0.562. The average Bonchev–Trinajstić information content (AvgIpc) is 2.36. The number of carbonyl (C=O) groups is 1. The molecule has 1 atom stereocenters. The molecule has 0 spiro atoms. The fourth-order valence-corrected chi connectivity index (χ4v) is 2.04. The van der Waals surface area contributed by atoms with Crippen molar-refractivity contribution >= 4 is 11.6 Å². The molecule has 0 saturated carbocycles. The lowest BCUT2D eigenvalue weighted by molar-refractivity contribution is -0.115. The summed E-state index contributed by atoms with van der Waals surface area (Å²) in [6.07, 6.45) is 0.243. The molecule has 0 heterocycles. The molecule has 1 aromatic rings. The summed E-state index contributed by atoms with van der Waals surface area (Å²) in [5, 5.41) is 15.6. The lowest BCUT2D eigenvalue weighted by atomic mass is 9.89. The van der Waals surface area contributed by atoms with Gasteiger partial charge in [-0.1, -0.05) is 26.8 Å². The Morgan fingerprint density at radius 1 is 1.38 bits per heavy atom. The summed E-state index contributed by atoms with van der Waals surface area (Å²) >= 11 is 0. The lowest BCUT2D eigenvalue weighted by Gasteiger charge is -2.22. The zero-order valence-corrected chi connectivity index (χ0v) is 13.3. The Bertz CT molecular complexity index is 455. The van der Waals surface area contributed by atoms with E-state index in [4.69, 9.17) is 4.74 Å². The maximum atomic E-state index is 11.8. The Morgan fingerprint density at radius 2 is 2.10 bits per heavy atom. The Hall–Kier alpha value is -1.59. The van der Waals surface area contributed by atoms with Crippen LogP contribution in [0.5, 0.6) is 5.75 Å². The largest absolute Gasteiger partial charge is 0.497 e. The quantitative estimate of drug-likeness (QED) is 0.719. The second-order valence-corrected chi connectivity index (χ2v) is 6.33. The molecule has 0 radical (unpaired) electrons. The Labute approximate surface area is 126 Å². The number of nitrogens with one attached hydrogen (secondary N) is 2. The van der Waals surface area contributed by atoms with E-state index < -0.39 is 6.10 Å². The van der Waals surface area contributed by atoms with Crippen LogP contribution in [-0.2, 0) is 4.79 Å². The summed E-state index contributed by atoms with van der Waals surface area (Å²) < 4.78 is 5.10. The minimum absolute atomic E-state index is 0.0734. The van der Waals surface area contributed by atoms with Crippen molar-refractivity contribution in [3.05, 3.63) is 24.3 Å². The molecule has 5 nitrogen and oxygen atoms in total. The lowest BCUT2D eigenvalue weighted by Crippen LogP contribution is -2.35. The third-order valence-electron chi connectivity index (χ3n) is 2.87. The minimum atomic E-state index is -0.449. The summed E-state index contributed by atoms with van der Waals surface area (Å²) in [6.45, 7) is 6.80. The first-order chi connectivity index (χ1) is 9.80. The van der Waals surface area contributed by atoms with Gasteiger partial charge >= 0.3 is 0 Å². The Balaban J connectivity index is 2.31. The zero-order valence-electron chi connectivity index (χ0n) is 13.3. The van der Waals surface area contributed by atoms with Crippen molar-refractivity contribution in [1.29, 1.82) is 0 Å². The highest BCUT2D eigenvalue weighted by Gasteiger charge is 2.16. The van der Waals surface area contributed by atoms with Gasteiger partial charge in [-0.2, -0.15) is 0 Å². The van der Waals surface area contributed by atoms with Gasteiger partial charge in [0.25, 0.3) is 0 Å². The van der Waals surface area contributed by atoms with Crippen LogP contribution in [0.1, 0.15) is 27.2 Å². The van der Waals surface area contributed by atoms with Crippen LogP contribution in [0, 0.1) is 5.41 Å². The number of benzene rings is 1. The highest BCUT2D eigenvalue weighted by molar-refractivity contribution is 5.92. The molecular formula is C16H26N2O3. The number of carbonyl (C=O) groups excluding carboxylic acids is 1. The molecule has 0 aliphatic heterocycles. The minimum Gasteiger partial charge on any atom is -0.497 e. The van der Waals surface area contributed by atoms with Crippen LogP contribution >= 0.6 is 0 Å². The van der Waals surface area contributed by atoms with Gasteiger partial charge in [0.2, 0.25) is 5.91 Å². The first-order valence-electron chi connectivity index (χ1n) is 7.13. The number of hydrogen-bond acceptors (Lipinski definition) is 4. The topological polar surface area (TPSA) is 70.6 Å². The molecule has 3 N–H and O–H groups in total. The van der Waals surface area contributed by atoms with E-state index in [0.717, 1.165) is 0 Å². The molecule has 0 bridgehead atoms. The normalized spacial score (nSPS) is 12.8. The molecule has 0 aliphatic carbocycles. The van der Waals surface area contributed by atoms with E-state index in [1.807, 2.05) is 12.1 Å². The van der Waals surface area contributed by atoms with Gasteiger partial charge in [-0.05, 0) is 24.0 Å². The smallest absolute Gasteiger partial charge is 0.238 e. The summed E-state index contributed by atoms with van der Waals surface area (Å²) in [5.41, 5.74) is 0.764. The number of aliphatic hydroxyl groups excluding tert-OH is 1. The molecule has 5 heteroatoms. The average molecular weight is 294 g/mol. The highest BCUT2D eigenvalue weighted by Crippen LogP contribution is 2.20. The first kappa shape index (κ1) is 17.5. The van der Waals surface area contributed by atoms with Gasteiger partial charge in [0, 0.05) is 18.3 Å². The van der Waals surface area contributed by atoms with Crippen LogP contribution in [0.15, 0.2) is 24.3 Å². The summed E-state index contributed by atoms with van der Waals surface area (Å²) in [5.74, 6) is 0.549. The van der Waals surface area contributed by atoms with Crippen molar-refractivity contribution in [2.45, 2.75) is 33.3 Å². The Morgan fingerprint density at radius 3 is 2.71 bits per heavy atom. The first-order valence-corrected chi connectivity index (χ1v) is 7.13. The molecule has 1 rings (SSSR count). The van der Waals surface area contributed by atoms with Crippen molar-refractivity contribution in [1.82, 2.24) is 5.32 Å². The number of anilines is 1. The van der Waals surface area contributed by atoms with Crippen LogP contribution in [0.2, 0.25) is 0 Å². The number of methoxy groups -OCH3 is 1. The van der Waals surface area contributed by atoms with Crippen LogP contribution in [0.4, 0.5) is 5.69 Å². The summed E-state index contributed by atoms with van der Waals surface area (Å²) in [4.78, 5) is 11.8. The monoisotopic (exact) mass is 294 g/mol. The van der Waals surface area contributed by atoms with Crippen molar-refractivity contribution in [2.24, 2.45) is 5.41 Å². The Kier molecular flexibility index (Phi) is 6.65. The molecule has 0 aliphatic rings. The third-order valence-corrected chi connectivity index (χ3v) is 2.87. The number of amides is 1. The SMILES string of the molecule is COc1cccc(NC(=O)CNCC(O)CC(C)(C)C)c1. The van der Waals surface area contributed by atoms with Gasteiger partial charge in [-0.15, -0.1) is 0 Å². The van der Waals surface area contributed by atoms with Crippen LogP contribution in [0.25, 0.3) is 0 Å². The maximum Gasteiger partial charge on any atom is 0.238 e. The van der Waals surface area contributed by atoms with Gasteiger partial charge in [-0.25, -0.2) is 0 Å². The molecule has 0 saturated heterocycles. The van der Waals surface area contributed by atoms with Crippen LogP contribution in [0.3, 0.4) is 0 Å². The van der Waals surface area contributed by atoms with Crippen molar-refractivity contribution < 1.29 is 14.6 Å². The molecule has 21 heavy (non-hydrogen) atoms. The van der Waals surface area contributed by atoms with E-state index in [-0.39, 0.29) is 17.9 Å². The van der Waals surface area contributed by atoms with Crippen molar-refractivity contribution in [3.8, 4) is 5.75 Å². The maximum absolute atomic E-state index is 11.8. The fourth-order valence-electron chi connectivity index (χ4n) is 2.04. The van der Waals surface area contributed by atoms with E-state index in [1.165, 1.54) is 0 Å². The molecular weight excluding hydrogens is 268 g/mol. The highest BCUT2D eigenvalue weighted by atomic mass is 16.5. The molecule has 118 valence electrons. The zero-order chi connectivity index (χ0) is 15.9. The van der Waals surface area contributed by atoms with Crippen molar-refractivity contribution in [2.75, 3.05) is 25.5 Å². The van der Waals surface area contributed by atoms with E-state index in [1.54, 1.807) is 19.2 Å². The van der Waals surface area contributed by atoms with E-state index in [0.29, 0.717) is 24.4 Å². The van der Waals surface area contributed by atoms with Gasteiger partial charge < -0.3 is 20.5 Å². The number of ether oxygens (including phenoxy) is 1. The molecule has 0 fully saturated rings. The summed E-state index contributed by atoms with van der Waals surface area (Å²) in [7, 11) is 1.58. The van der Waals surface area contributed by atoms with E-state index in [2.05, 4.69) is 31.4 Å². The molecule has 1 aromatic carbocycles. The van der Waals surface area contributed by atoms with Crippen LogP contribution < -0.4 is 15.4 Å². The molecule has 0 aromatic heterocycles. The van der Waals surface area contributed by atoms with Gasteiger partial charge in [0.1, 0.15) is 5.75 Å². The van der Waals surface area contributed by atoms with Crippen LogP contribution in [-0.4, -0.2) is 37.3 Å². The standard InChI is InChI=1S/C16H26N2O3/c1-16(2,3)9-13(19)10-17-11-15(20)18-12-6-5-7-14(8-12)21-4/h5-8,13,17,19H,9-11H2,1-4H3,(H,18,20). The number of hydrogen-bond donors (Lipinski definition) is 3. The predicted octanol–water partition coefficient (Wildman–Crippen LogP) is 2.02. The van der Waals surface area contributed by atoms with E-state index in [9.17, 15) is 9.90 Å². The predicted molar refractivity (Wildman–Crippen MR) is 84.6 cm³/mol. The summed E-state index contributed by atoms with van der Waals surface area (Å²) in [6, 6.07) is 7.19. The number of aliphatic hydroxyl groups is 1. The van der Waals surface area contributed by atoms with Gasteiger partial charge in [0.15, 0.2) is 0 Å². The van der Waals surface area contributed by atoms with Gasteiger partial charge in [0.05, 0.1) is 19.8 Å². The van der Waals surface area contributed by atoms with Gasteiger partial charge in [-0.3, -0.25) is 4.79 Å². The van der Waals surface area contributed by atoms with E-state index >= 15 is 0 Å². The third kappa shape index (κ3) is 7.68. The van der Waals surface area contributed by atoms with Crippen molar-refractivity contribution in [3.63, 3.8) is 0 Å². The number of rotatable bonds is 7.